The summed E-state index contributed by atoms with van der Waals surface area (Å²) in [6.07, 6.45) is 1.19. The van der Waals surface area contributed by atoms with Gasteiger partial charge in [-0.15, -0.1) is 0 Å². The number of carbonyl (C=O) groups excluding carboxylic acids is 1. The molecule has 10 heteroatoms. The van der Waals surface area contributed by atoms with Gasteiger partial charge in [-0.3, -0.25) is 4.79 Å². The normalized spacial score (nSPS) is 11.5. The van der Waals surface area contributed by atoms with Crippen LogP contribution in [0.25, 0.3) is 0 Å². The van der Waals surface area contributed by atoms with Gasteiger partial charge in [0, 0.05) is 11.9 Å². The fourth-order valence-corrected chi connectivity index (χ4v) is 2.71. The smallest absolute Gasteiger partial charge is 0.267 e. The number of nitriles is 1. The third-order valence-electron chi connectivity index (χ3n) is 3.13. The van der Waals surface area contributed by atoms with Crippen molar-refractivity contribution < 1.29 is 13.2 Å². The Labute approximate surface area is 160 Å². The molecule has 1 amide bonds. The van der Waals surface area contributed by atoms with Crippen molar-refractivity contribution in [3.63, 3.8) is 0 Å². The van der Waals surface area contributed by atoms with Gasteiger partial charge in [0.15, 0.2) is 0 Å². The lowest BCUT2D eigenvalue weighted by atomic mass is 10.2. The number of hydrogen-bond acceptors (Lipinski definition) is 5. The number of nitrogens with two attached hydrogens (primary N) is 1. The lowest BCUT2D eigenvalue weighted by Crippen LogP contribution is -2.15. The summed E-state index contributed by atoms with van der Waals surface area (Å²) in [5.41, 5.74) is 0.498. The van der Waals surface area contributed by atoms with Crippen molar-refractivity contribution in [1.29, 1.82) is 5.26 Å². The molecule has 2 rings (SSSR count). The van der Waals surface area contributed by atoms with Crippen LogP contribution in [0.1, 0.15) is 0 Å². The predicted molar refractivity (Wildman–Crippen MR) is 100 cm³/mol. The van der Waals surface area contributed by atoms with E-state index in [9.17, 15) is 13.2 Å². The molecule has 0 atom stereocenters. The van der Waals surface area contributed by atoms with Crippen molar-refractivity contribution in [3.8, 4) is 6.07 Å². The molecule has 0 aliphatic heterocycles. The number of halogens is 2. The minimum atomic E-state index is -3.83. The number of nitrogens with zero attached hydrogens (tertiary/aromatic N) is 1. The van der Waals surface area contributed by atoms with Crippen LogP contribution < -0.4 is 15.8 Å². The summed E-state index contributed by atoms with van der Waals surface area (Å²) in [5, 5.41) is 19.9. The molecule has 2 aromatic rings. The molecule has 4 N–H and O–H groups in total. The van der Waals surface area contributed by atoms with Gasteiger partial charge in [0.25, 0.3) is 5.91 Å². The summed E-state index contributed by atoms with van der Waals surface area (Å²) >= 11 is 11.9. The van der Waals surface area contributed by atoms with E-state index in [1.54, 1.807) is 24.3 Å². The van der Waals surface area contributed by atoms with E-state index < -0.39 is 15.9 Å². The van der Waals surface area contributed by atoms with Gasteiger partial charge in [-0.25, -0.2) is 13.6 Å². The zero-order valence-corrected chi connectivity index (χ0v) is 15.4. The van der Waals surface area contributed by atoms with Crippen LogP contribution >= 0.6 is 23.2 Å². The highest BCUT2D eigenvalue weighted by atomic mass is 35.5. The van der Waals surface area contributed by atoms with Gasteiger partial charge < -0.3 is 10.6 Å². The Morgan fingerprint density at radius 3 is 2.38 bits per heavy atom. The Morgan fingerprint density at radius 2 is 1.81 bits per heavy atom. The summed E-state index contributed by atoms with van der Waals surface area (Å²) in [4.78, 5) is 12.1. The van der Waals surface area contributed by atoms with Gasteiger partial charge >= 0.3 is 0 Å². The van der Waals surface area contributed by atoms with Gasteiger partial charge in [0.2, 0.25) is 10.0 Å². The van der Waals surface area contributed by atoms with Crippen LogP contribution in [0.2, 0.25) is 10.0 Å². The minimum Gasteiger partial charge on any atom is -0.359 e. The zero-order valence-electron chi connectivity index (χ0n) is 13.0. The van der Waals surface area contributed by atoms with E-state index in [1.165, 1.54) is 30.5 Å². The quantitative estimate of drug-likeness (QED) is 0.515. The maximum atomic E-state index is 12.2. The number of sulfonamides is 1. The number of anilines is 2. The van der Waals surface area contributed by atoms with Crippen LogP contribution in [0, 0.1) is 11.3 Å². The Hall–Kier alpha value is -2.57. The first kappa shape index (κ1) is 19.8. The number of amides is 1. The third-order valence-corrected chi connectivity index (χ3v) is 4.88. The molecule has 0 spiro atoms. The van der Waals surface area contributed by atoms with Gasteiger partial charge in [-0.05, 0) is 36.4 Å². The molecule has 26 heavy (non-hydrogen) atoms. The Morgan fingerprint density at radius 1 is 1.15 bits per heavy atom. The molecule has 7 nitrogen and oxygen atoms in total. The SMILES string of the molecule is N#C/C(=C/Nc1cccc(Cl)c1Cl)C(=O)Nc1ccc(S(N)(=O)=O)cc1. The second kappa shape index (κ2) is 8.21. The fraction of sp³-hybridized carbons (Fsp3) is 0. The van der Waals surface area contributed by atoms with E-state index in [2.05, 4.69) is 10.6 Å². The molecule has 0 saturated heterocycles. The Bertz CT molecular complexity index is 1010. The number of rotatable bonds is 5. The summed E-state index contributed by atoms with van der Waals surface area (Å²) in [6, 6.07) is 11.8. The average Bonchev–Trinajstić information content (AvgIpc) is 2.58. The van der Waals surface area contributed by atoms with Crippen LogP contribution in [0.15, 0.2) is 59.1 Å². The van der Waals surface area contributed by atoms with Crippen LogP contribution in [0.4, 0.5) is 11.4 Å². The highest BCUT2D eigenvalue weighted by molar-refractivity contribution is 7.89. The van der Waals surface area contributed by atoms with Gasteiger partial charge in [-0.2, -0.15) is 5.26 Å². The molecule has 0 fully saturated rings. The molecule has 0 aliphatic rings. The lowest BCUT2D eigenvalue weighted by Gasteiger charge is -2.07. The molecule has 0 unspecified atom stereocenters. The second-order valence-electron chi connectivity index (χ2n) is 4.94. The molecule has 0 radical (unpaired) electrons. The maximum Gasteiger partial charge on any atom is 0.267 e. The average molecular weight is 411 g/mol. The Kier molecular flexibility index (Phi) is 6.23. The molecule has 0 aliphatic carbocycles. The van der Waals surface area contributed by atoms with E-state index in [1.807, 2.05) is 0 Å². The van der Waals surface area contributed by atoms with Gasteiger partial charge in [0.05, 0.1) is 20.6 Å². The number of benzene rings is 2. The van der Waals surface area contributed by atoms with Crippen molar-refractivity contribution in [3.05, 3.63) is 64.3 Å². The zero-order chi connectivity index (χ0) is 19.3. The van der Waals surface area contributed by atoms with Gasteiger partial charge in [-0.1, -0.05) is 29.3 Å². The molecule has 0 bridgehead atoms. The predicted octanol–water partition coefficient (Wildman–Crippen LogP) is 3.10. The summed E-state index contributed by atoms with van der Waals surface area (Å²) < 4.78 is 22.4. The second-order valence-corrected chi connectivity index (χ2v) is 7.29. The molecule has 0 heterocycles. The van der Waals surface area contributed by atoms with Crippen molar-refractivity contribution in [1.82, 2.24) is 0 Å². The van der Waals surface area contributed by atoms with E-state index in [0.29, 0.717) is 16.4 Å². The van der Waals surface area contributed by atoms with Crippen LogP contribution in [-0.4, -0.2) is 14.3 Å². The minimum absolute atomic E-state index is 0.0937. The molecule has 0 saturated carbocycles. The monoisotopic (exact) mass is 410 g/mol. The van der Waals surface area contributed by atoms with Crippen molar-refractivity contribution >= 4 is 50.5 Å². The highest BCUT2D eigenvalue weighted by Crippen LogP contribution is 2.29. The molecule has 134 valence electrons. The maximum absolute atomic E-state index is 12.2. The van der Waals surface area contributed by atoms with Crippen LogP contribution in [0.5, 0.6) is 0 Å². The van der Waals surface area contributed by atoms with E-state index in [0.717, 1.165) is 0 Å². The van der Waals surface area contributed by atoms with Crippen molar-refractivity contribution in [2.24, 2.45) is 5.14 Å². The first-order valence-corrected chi connectivity index (χ1v) is 9.27. The fourth-order valence-electron chi connectivity index (χ4n) is 1.84. The number of hydrogen-bond donors (Lipinski definition) is 3. The topological polar surface area (TPSA) is 125 Å². The van der Waals surface area contributed by atoms with Gasteiger partial charge in [0.1, 0.15) is 11.6 Å². The standard InChI is InChI=1S/C16H12Cl2N4O3S/c17-13-2-1-3-14(15(13)18)21-9-10(8-19)16(23)22-11-4-6-12(7-5-11)26(20,24)25/h1-7,9,21H,(H,22,23)(H2,20,24,25)/b10-9-. The molecule has 0 aromatic heterocycles. The highest BCUT2D eigenvalue weighted by Gasteiger charge is 2.12. The first-order valence-electron chi connectivity index (χ1n) is 6.97. The molecular formula is C16H12Cl2N4O3S. The van der Waals surface area contributed by atoms with Crippen LogP contribution in [0.3, 0.4) is 0 Å². The van der Waals surface area contributed by atoms with E-state index >= 15 is 0 Å². The third kappa shape index (κ3) is 4.97. The van der Waals surface area contributed by atoms with Crippen LogP contribution in [-0.2, 0) is 14.8 Å². The summed E-state index contributed by atoms with van der Waals surface area (Å²) in [6.45, 7) is 0. The molecule has 2 aromatic carbocycles. The van der Waals surface area contributed by atoms with Crippen molar-refractivity contribution in [2.45, 2.75) is 4.90 Å². The van der Waals surface area contributed by atoms with E-state index in [-0.39, 0.29) is 15.5 Å². The summed E-state index contributed by atoms with van der Waals surface area (Å²) in [7, 11) is -3.83. The summed E-state index contributed by atoms with van der Waals surface area (Å²) in [5.74, 6) is -0.693. The number of primary sulfonamides is 1. The lowest BCUT2D eigenvalue weighted by molar-refractivity contribution is -0.112. The largest absolute Gasteiger partial charge is 0.359 e. The number of carbonyl (C=O) groups is 1. The Balaban J connectivity index is 2.13. The van der Waals surface area contributed by atoms with Crippen molar-refractivity contribution in [2.75, 3.05) is 10.6 Å². The van der Waals surface area contributed by atoms with E-state index in [4.69, 9.17) is 33.6 Å². The first-order chi connectivity index (χ1) is 12.2. The number of nitrogens with one attached hydrogen (secondary N) is 2. The molecular weight excluding hydrogens is 399 g/mol.